The van der Waals surface area contributed by atoms with Crippen molar-refractivity contribution in [3.8, 4) is 0 Å². The van der Waals surface area contributed by atoms with Gasteiger partial charge in [0.25, 0.3) is 0 Å². The molecule has 1 aromatic rings. The number of likely N-dealkylation sites (N-methyl/N-ethyl adjacent to an activating group) is 7. The molecular formula is C66H104ClF3N12O10. The van der Waals surface area contributed by atoms with Gasteiger partial charge in [-0.15, -0.1) is 0 Å². The van der Waals surface area contributed by atoms with Crippen LogP contribution in [0.2, 0.25) is 5.02 Å². The number of benzene rings is 1. The van der Waals surface area contributed by atoms with Crippen molar-refractivity contribution in [2.75, 3.05) is 69.0 Å². The zero-order chi connectivity index (χ0) is 69.3. The average Bonchev–Trinajstić information content (AvgIpc) is 1.07. The zero-order valence-electron chi connectivity index (χ0n) is 57.4. The Balaban J connectivity index is 1.58. The van der Waals surface area contributed by atoms with Crippen molar-refractivity contribution < 1.29 is 61.1 Å². The second-order valence-electron chi connectivity index (χ2n) is 27.3. The van der Waals surface area contributed by atoms with Crippen LogP contribution in [0.4, 0.5) is 13.2 Å². The van der Waals surface area contributed by atoms with E-state index in [1.807, 2.05) is 27.7 Å². The van der Waals surface area contributed by atoms with Gasteiger partial charge in [0, 0.05) is 74.9 Å². The number of amides is 10. The van der Waals surface area contributed by atoms with Crippen LogP contribution in [0, 0.1) is 29.1 Å². The third-order valence-corrected chi connectivity index (χ3v) is 20.7. The highest BCUT2D eigenvalue weighted by Crippen LogP contribution is 2.36. The van der Waals surface area contributed by atoms with Gasteiger partial charge in [-0.2, -0.15) is 13.2 Å². The number of nitrogens with zero attached hydrogens (tertiary/aromatic N) is 9. The molecule has 4 fully saturated rings. The number of hydrogen-bond acceptors (Lipinski definition) is 11. The largest absolute Gasteiger partial charge is 0.417 e. The minimum absolute atomic E-state index is 0.0315. The SMILES string of the molecule is CC[C@H](C)[C@@H]1NC(=O)[C@H]([C@@H](C)CC)N(C)C(=O)C[C@@H](C)N(C)C(=O)C(C(C)C)N(C)C(=O)C(C)(C)N(C)C(=O)[C@@H]2CCCN2C(=O)[C@H](CCc2ccc(C(F)(F)F)c(Cl)c2)NC(=O)CN(C)C(=O)[C@H](CC2CCCCC2)N(C)C(=N)[C@@H]2CCN2C(=O)[C@H](C)N(C)C1=O. The third kappa shape index (κ3) is 17.4. The maximum absolute atomic E-state index is 15.1. The number of hydrogen-bond donors (Lipinski definition) is 3. The highest BCUT2D eigenvalue weighted by molar-refractivity contribution is 6.31. The van der Waals surface area contributed by atoms with Crippen LogP contribution >= 0.6 is 11.6 Å². The molecule has 1 aromatic carbocycles. The van der Waals surface area contributed by atoms with Crippen molar-refractivity contribution in [1.29, 1.82) is 5.41 Å². The summed E-state index contributed by atoms with van der Waals surface area (Å²) in [6.45, 7) is 16.9. The number of fused-ring (bicyclic) bond motifs is 2. The van der Waals surface area contributed by atoms with Gasteiger partial charge < -0.3 is 54.7 Å². The normalized spacial score (nSPS) is 27.9. The van der Waals surface area contributed by atoms with E-state index in [1.165, 1.54) is 101 Å². The first-order chi connectivity index (χ1) is 42.8. The third-order valence-electron chi connectivity index (χ3n) is 20.4. The highest BCUT2D eigenvalue weighted by Gasteiger charge is 2.49. The van der Waals surface area contributed by atoms with E-state index in [-0.39, 0.29) is 50.5 Å². The number of nitrogens with one attached hydrogen (secondary N) is 3. The fraction of sp³-hybridized carbons (Fsp3) is 0.742. The summed E-state index contributed by atoms with van der Waals surface area (Å²) in [6.07, 6.45) is 1.51. The highest BCUT2D eigenvalue weighted by atomic mass is 35.5. The predicted octanol–water partition coefficient (Wildman–Crippen LogP) is 6.30. The van der Waals surface area contributed by atoms with E-state index >= 15 is 4.79 Å². The Bertz CT molecular complexity index is 2870. The van der Waals surface area contributed by atoms with Crippen molar-refractivity contribution in [3.63, 3.8) is 0 Å². The van der Waals surface area contributed by atoms with E-state index < -0.39 is 160 Å². The molecule has 3 N–H and O–H groups in total. The fourth-order valence-corrected chi connectivity index (χ4v) is 13.6. The van der Waals surface area contributed by atoms with Crippen LogP contribution in [-0.2, 0) is 60.5 Å². The van der Waals surface area contributed by atoms with Crippen molar-refractivity contribution in [3.05, 3.63) is 34.3 Å². The van der Waals surface area contributed by atoms with Gasteiger partial charge in [-0.05, 0) is 108 Å². The minimum Gasteiger partial charge on any atom is -0.350 e. The summed E-state index contributed by atoms with van der Waals surface area (Å²) in [6, 6.07) is -6.24. The lowest BCUT2D eigenvalue weighted by molar-refractivity contribution is -0.158. The van der Waals surface area contributed by atoms with Gasteiger partial charge in [0.2, 0.25) is 59.1 Å². The summed E-state index contributed by atoms with van der Waals surface area (Å²) < 4.78 is 41.4. The summed E-state index contributed by atoms with van der Waals surface area (Å²) in [5.41, 5.74) is -2.38. The van der Waals surface area contributed by atoms with Crippen LogP contribution in [0.1, 0.15) is 164 Å². The maximum atomic E-state index is 15.1. The molecule has 1 unspecified atom stereocenters. The second-order valence-corrected chi connectivity index (χ2v) is 27.7. The average molecular weight is 1320 g/mol. The van der Waals surface area contributed by atoms with Gasteiger partial charge in [0.1, 0.15) is 53.7 Å². The molecule has 3 saturated heterocycles. The molecule has 0 aromatic heterocycles. The van der Waals surface area contributed by atoms with Crippen molar-refractivity contribution in [2.45, 2.75) is 225 Å². The number of amidine groups is 1. The van der Waals surface area contributed by atoms with Crippen LogP contribution in [-0.4, -0.2) is 238 Å². The topological polar surface area (TPSA) is 248 Å². The molecule has 3 heterocycles. The molecule has 92 heavy (non-hydrogen) atoms. The van der Waals surface area contributed by atoms with E-state index in [2.05, 4.69) is 10.6 Å². The molecule has 0 spiro atoms. The molecular weight excluding hydrogens is 1210 g/mol. The summed E-state index contributed by atoms with van der Waals surface area (Å²) >= 11 is 6.13. The molecule has 4 aliphatic rings. The number of carbonyl (C=O) groups is 10. The Morgan fingerprint density at radius 3 is 1.83 bits per heavy atom. The predicted molar refractivity (Wildman–Crippen MR) is 344 cm³/mol. The molecule has 26 heteroatoms. The molecule has 0 radical (unpaired) electrons. The maximum Gasteiger partial charge on any atom is 0.417 e. The standard InChI is InChI=1S/C66H104ClF3N12O10/c1-18-39(5)53-62(90)76(13)42(8)58(86)82-33-31-48(82)56(71)77(14)50(36-43-24-21-20-22-25-43)60(88)74(11)37-51(83)72-47(30-28-44-27-29-45(46(67)35-44)66(68,69)70)59(87)81-32-23-26-49(81)61(89)80(17)65(9,10)64(92)79(16)54(38(3)4)63(91)75(12)41(7)34-52(84)78(15)55(40(6)19-2)57(85)73-53/h27,29,35,38-43,47-50,53-55,71H,18-26,28,30-34,36-37H2,1-17H3,(H,72,83)(H,73,85)/t39-,40-,41+,42-,47-,48-,49-,50-,53-,54?,55-/m0/s1. The molecule has 3 aliphatic heterocycles. The first-order valence-corrected chi connectivity index (χ1v) is 33.2. The van der Waals surface area contributed by atoms with E-state index in [0.29, 0.717) is 37.7 Å². The minimum atomic E-state index is -4.74. The lowest BCUT2D eigenvalue weighted by Gasteiger charge is -2.47. The van der Waals surface area contributed by atoms with Gasteiger partial charge in [-0.25, -0.2) is 0 Å². The van der Waals surface area contributed by atoms with E-state index in [4.69, 9.17) is 11.6 Å². The van der Waals surface area contributed by atoms with Gasteiger partial charge in [0.15, 0.2) is 0 Å². The number of carbonyl (C=O) groups excluding carboxylic acids is 10. The summed E-state index contributed by atoms with van der Waals surface area (Å²) in [4.78, 5) is 159. The second kappa shape index (κ2) is 32.1. The smallest absolute Gasteiger partial charge is 0.350 e. The lowest BCUT2D eigenvalue weighted by Crippen LogP contribution is -2.65. The molecule has 516 valence electrons. The van der Waals surface area contributed by atoms with Crippen molar-refractivity contribution in [2.24, 2.45) is 23.7 Å². The Morgan fingerprint density at radius 1 is 0.663 bits per heavy atom. The molecule has 5 rings (SSSR count). The summed E-state index contributed by atoms with van der Waals surface area (Å²) in [7, 11) is 10.4. The molecule has 22 nitrogen and oxygen atoms in total. The van der Waals surface area contributed by atoms with E-state index in [1.54, 1.807) is 39.6 Å². The molecule has 0 bridgehead atoms. The first kappa shape index (κ1) is 76.2. The Labute approximate surface area is 547 Å². The van der Waals surface area contributed by atoms with Gasteiger partial charge >= 0.3 is 6.18 Å². The summed E-state index contributed by atoms with van der Waals surface area (Å²) in [5, 5.41) is 14.8. The van der Waals surface area contributed by atoms with Crippen molar-refractivity contribution >= 4 is 76.5 Å². The van der Waals surface area contributed by atoms with Crippen LogP contribution in [0.3, 0.4) is 0 Å². The molecule has 11 atom stereocenters. The monoisotopic (exact) mass is 1320 g/mol. The number of halogens is 4. The molecule has 1 aliphatic carbocycles. The molecule has 10 amide bonds. The van der Waals surface area contributed by atoms with Crippen LogP contribution < -0.4 is 10.6 Å². The first-order valence-electron chi connectivity index (χ1n) is 32.8. The number of alkyl halides is 3. The number of rotatable bonds is 10. The van der Waals surface area contributed by atoms with E-state index in [0.717, 1.165) is 44.2 Å². The fourth-order valence-electron chi connectivity index (χ4n) is 13.3. The van der Waals surface area contributed by atoms with Crippen LogP contribution in [0.15, 0.2) is 18.2 Å². The molecule has 1 saturated carbocycles. The zero-order valence-corrected chi connectivity index (χ0v) is 58.1. The van der Waals surface area contributed by atoms with Crippen molar-refractivity contribution in [1.82, 2.24) is 54.7 Å². The Morgan fingerprint density at radius 2 is 1.27 bits per heavy atom. The van der Waals surface area contributed by atoms with Crippen LogP contribution in [0.25, 0.3) is 0 Å². The lowest BCUT2D eigenvalue weighted by atomic mass is 9.84. The number of aryl methyl sites for hydroxylation is 1. The van der Waals surface area contributed by atoms with Gasteiger partial charge in [-0.1, -0.05) is 104 Å². The Kier molecular flexibility index (Phi) is 26.6. The van der Waals surface area contributed by atoms with E-state index in [9.17, 15) is 61.7 Å². The van der Waals surface area contributed by atoms with Gasteiger partial charge in [-0.3, -0.25) is 53.4 Å². The quantitative estimate of drug-likeness (QED) is 0.235. The van der Waals surface area contributed by atoms with Crippen LogP contribution in [0.5, 0.6) is 0 Å². The van der Waals surface area contributed by atoms with Gasteiger partial charge in [0.05, 0.1) is 23.2 Å². The summed E-state index contributed by atoms with van der Waals surface area (Å²) in [5.74, 6) is -7.06. The Hall–Kier alpha value is -6.53.